The van der Waals surface area contributed by atoms with E-state index in [9.17, 15) is 4.79 Å². The van der Waals surface area contributed by atoms with E-state index in [-0.39, 0.29) is 11.9 Å². The molecule has 5 nitrogen and oxygen atoms in total. The number of nitrogens with zero attached hydrogens (tertiary/aromatic N) is 1. The highest BCUT2D eigenvalue weighted by Crippen LogP contribution is 2.24. The van der Waals surface area contributed by atoms with Crippen molar-refractivity contribution in [2.75, 3.05) is 5.43 Å². The highest BCUT2D eigenvalue weighted by Gasteiger charge is 2.21. The zero-order chi connectivity index (χ0) is 13.0. The fraction of sp³-hybridized carbons (Fsp3) is 0.538. The second-order valence-corrected chi connectivity index (χ2v) is 5.01. The van der Waals surface area contributed by atoms with Gasteiger partial charge >= 0.3 is 0 Å². The molecule has 1 aromatic rings. The Labute approximate surface area is 107 Å². The minimum absolute atomic E-state index is 0.102. The molecule has 1 aromatic heterocycles. The average molecular weight is 248 g/mol. The van der Waals surface area contributed by atoms with Crippen LogP contribution < -0.4 is 16.6 Å². The summed E-state index contributed by atoms with van der Waals surface area (Å²) >= 11 is 0. The molecule has 98 valence electrons. The van der Waals surface area contributed by atoms with E-state index in [1.165, 1.54) is 19.0 Å². The summed E-state index contributed by atoms with van der Waals surface area (Å²) in [7, 11) is 0. The number of aromatic nitrogens is 1. The summed E-state index contributed by atoms with van der Waals surface area (Å²) in [5.41, 5.74) is 3.62. The second-order valence-electron chi connectivity index (χ2n) is 5.01. The maximum Gasteiger partial charge on any atom is 0.255 e. The number of nitrogens with one attached hydrogen (secondary N) is 2. The average Bonchev–Trinajstić information content (AvgIpc) is 2.38. The second kappa shape index (κ2) is 5.82. The lowest BCUT2D eigenvalue weighted by molar-refractivity contribution is 0.0922. The van der Waals surface area contributed by atoms with Crippen LogP contribution in [0.1, 0.15) is 43.0 Å². The summed E-state index contributed by atoms with van der Waals surface area (Å²) < 4.78 is 0. The van der Waals surface area contributed by atoms with E-state index in [4.69, 9.17) is 5.84 Å². The molecule has 1 amide bonds. The molecule has 0 saturated heterocycles. The Hall–Kier alpha value is -1.62. The third kappa shape index (κ3) is 2.98. The van der Waals surface area contributed by atoms with E-state index < -0.39 is 0 Å². The van der Waals surface area contributed by atoms with Gasteiger partial charge in [-0.15, -0.1) is 0 Å². The van der Waals surface area contributed by atoms with Crippen molar-refractivity contribution in [2.24, 2.45) is 11.8 Å². The van der Waals surface area contributed by atoms with Gasteiger partial charge in [-0.2, -0.15) is 0 Å². The van der Waals surface area contributed by atoms with E-state index in [0.717, 1.165) is 12.8 Å². The molecule has 0 radical (unpaired) electrons. The summed E-state index contributed by atoms with van der Waals surface area (Å²) in [5.74, 6) is 5.97. The normalized spacial score (nSPS) is 23.4. The van der Waals surface area contributed by atoms with Gasteiger partial charge in [-0.05, 0) is 24.8 Å². The van der Waals surface area contributed by atoms with Crippen molar-refractivity contribution in [3.63, 3.8) is 0 Å². The predicted molar refractivity (Wildman–Crippen MR) is 70.9 cm³/mol. The SMILES string of the molecule is CC1CCCC(NC(=O)c2cnccc2NN)C1. The molecule has 0 spiro atoms. The van der Waals surface area contributed by atoms with Crippen LogP contribution in [0.3, 0.4) is 0 Å². The molecule has 5 heteroatoms. The zero-order valence-electron chi connectivity index (χ0n) is 10.6. The van der Waals surface area contributed by atoms with Crippen LogP contribution in [0.15, 0.2) is 18.5 Å². The van der Waals surface area contributed by atoms with Gasteiger partial charge in [0.25, 0.3) is 5.91 Å². The molecule has 1 heterocycles. The molecule has 1 saturated carbocycles. The van der Waals surface area contributed by atoms with Crippen molar-refractivity contribution >= 4 is 11.6 Å². The Balaban J connectivity index is 2.03. The minimum atomic E-state index is -0.102. The number of hydrogen-bond acceptors (Lipinski definition) is 4. The third-order valence-corrected chi connectivity index (χ3v) is 3.49. The van der Waals surface area contributed by atoms with Crippen molar-refractivity contribution in [2.45, 2.75) is 38.6 Å². The monoisotopic (exact) mass is 248 g/mol. The topological polar surface area (TPSA) is 80.0 Å². The number of anilines is 1. The molecule has 1 aliphatic carbocycles. The first-order chi connectivity index (χ1) is 8.70. The number of pyridine rings is 1. The van der Waals surface area contributed by atoms with Gasteiger partial charge in [-0.3, -0.25) is 15.6 Å². The standard InChI is InChI=1S/C13H20N4O/c1-9-3-2-4-10(7-9)16-13(18)11-8-15-6-5-12(11)17-14/h5-6,8-10H,2-4,7,14H2,1H3,(H,15,17)(H,16,18). The number of nitrogens with two attached hydrogens (primary N) is 1. The van der Waals surface area contributed by atoms with Crippen LogP contribution in [0.5, 0.6) is 0 Å². The van der Waals surface area contributed by atoms with E-state index in [1.54, 1.807) is 12.3 Å². The Morgan fingerprint density at radius 1 is 1.50 bits per heavy atom. The summed E-state index contributed by atoms with van der Waals surface area (Å²) in [6, 6.07) is 1.96. The van der Waals surface area contributed by atoms with Gasteiger partial charge in [0.2, 0.25) is 0 Å². The Bertz CT molecular complexity index is 421. The van der Waals surface area contributed by atoms with Crippen LogP contribution >= 0.6 is 0 Å². The summed E-state index contributed by atoms with van der Waals surface area (Å²) in [6.45, 7) is 2.23. The molecule has 4 N–H and O–H groups in total. The maximum absolute atomic E-state index is 12.2. The zero-order valence-corrected chi connectivity index (χ0v) is 10.6. The predicted octanol–water partition coefficient (Wildman–Crippen LogP) is 1.68. The van der Waals surface area contributed by atoms with Crippen molar-refractivity contribution in [1.29, 1.82) is 0 Å². The van der Waals surface area contributed by atoms with Crippen molar-refractivity contribution < 1.29 is 4.79 Å². The number of hydrazine groups is 1. The fourth-order valence-electron chi connectivity index (χ4n) is 2.53. The van der Waals surface area contributed by atoms with Crippen LogP contribution in [0, 0.1) is 5.92 Å². The molecule has 1 fully saturated rings. The first-order valence-corrected chi connectivity index (χ1v) is 6.42. The van der Waals surface area contributed by atoms with Gasteiger partial charge in [-0.1, -0.05) is 19.8 Å². The maximum atomic E-state index is 12.2. The van der Waals surface area contributed by atoms with Crippen LogP contribution in [0.2, 0.25) is 0 Å². The lowest BCUT2D eigenvalue weighted by Crippen LogP contribution is -2.38. The van der Waals surface area contributed by atoms with E-state index in [2.05, 4.69) is 22.7 Å². The van der Waals surface area contributed by atoms with Crippen molar-refractivity contribution in [3.8, 4) is 0 Å². The number of carbonyl (C=O) groups excluding carboxylic acids is 1. The Morgan fingerprint density at radius 3 is 3.06 bits per heavy atom. The molecule has 2 unspecified atom stereocenters. The van der Waals surface area contributed by atoms with Gasteiger partial charge in [0, 0.05) is 18.4 Å². The van der Waals surface area contributed by atoms with Crippen LogP contribution in [0.25, 0.3) is 0 Å². The number of hydrogen-bond donors (Lipinski definition) is 3. The largest absolute Gasteiger partial charge is 0.349 e. The summed E-state index contributed by atoms with van der Waals surface area (Å²) in [5, 5.41) is 3.07. The van der Waals surface area contributed by atoms with Gasteiger partial charge in [0.05, 0.1) is 11.3 Å². The van der Waals surface area contributed by atoms with Gasteiger partial charge in [0.1, 0.15) is 0 Å². The fourth-order valence-corrected chi connectivity index (χ4v) is 2.53. The van der Waals surface area contributed by atoms with E-state index in [1.807, 2.05) is 0 Å². The Kier molecular flexibility index (Phi) is 4.15. The lowest BCUT2D eigenvalue weighted by Gasteiger charge is -2.27. The lowest BCUT2D eigenvalue weighted by atomic mass is 9.87. The highest BCUT2D eigenvalue weighted by molar-refractivity contribution is 5.99. The first kappa shape index (κ1) is 12.8. The van der Waals surface area contributed by atoms with Gasteiger partial charge in [0.15, 0.2) is 0 Å². The van der Waals surface area contributed by atoms with Crippen LogP contribution in [-0.4, -0.2) is 16.9 Å². The van der Waals surface area contributed by atoms with E-state index >= 15 is 0 Å². The molecule has 0 bridgehead atoms. The molecule has 0 aliphatic heterocycles. The summed E-state index contributed by atoms with van der Waals surface area (Å²) in [4.78, 5) is 16.1. The van der Waals surface area contributed by atoms with Crippen LogP contribution in [-0.2, 0) is 0 Å². The molecular formula is C13H20N4O. The van der Waals surface area contributed by atoms with Crippen molar-refractivity contribution in [1.82, 2.24) is 10.3 Å². The van der Waals surface area contributed by atoms with Gasteiger partial charge in [-0.25, -0.2) is 0 Å². The molecule has 2 rings (SSSR count). The molecule has 1 aliphatic rings. The first-order valence-electron chi connectivity index (χ1n) is 6.42. The molecule has 18 heavy (non-hydrogen) atoms. The summed E-state index contributed by atoms with van der Waals surface area (Å²) in [6.07, 6.45) is 7.70. The molecular weight excluding hydrogens is 228 g/mol. The van der Waals surface area contributed by atoms with Crippen LogP contribution in [0.4, 0.5) is 5.69 Å². The number of amides is 1. The van der Waals surface area contributed by atoms with E-state index in [0.29, 0.717) is 17.2 Å². The highest BCUT2D eigenvalue weighted by atomic mass is 16.1. The Morgan fingerprint density at radius 2 is 2.33 bits per heavy atom. The molecule has 0 aromatic carbocycles. The smallest absolute Gasteiger partial charge is 0.255 e. The van der Waals surface area contributed by atoms with Gasteiger partial charge < -0.3 is 10.7 Å². The number of nitrogen functional groups attached to an aromatic ring is 1. The number of rotatable bonds is 3. The quantitative estimate of drug-likeness (QED) is 0.561. The third-order valence-electron chi connectivity index (χ3n) is 3.49. The van der Waals surface area contributed by atoms with Crippen molar-refractivity contribution in [3.05, 3.63) is 24.0 Å². The molecule has 2 atom stereocenters. The minimum Gasteiger partial charge on any atom is -0.349 e. The number of carbonyl (C=O) groups is 1.